The molecule has 0 saturated heterocycles. The number of methoxy groups -OCH3 is 2. The van der Waals surface area contributed by atoms with Gasteiger partial charge in [0.15, 0.2) is 11.5 Å². The van der Waals surface area contributed by atoms with Crippen molar-refractivity contribution in [2.75, 3.05) is 19.1 Å². The minimum absolute atomic E-state index is 0.0211. The van der Waals surface area contributed by atoms with Gasteiger partial charge in [0, 0.05) is 40.8 Å². The van der Waals surface area contributed by atoms with Crippen LogP contribution in [0.25, 0.3) is 10.9 Å². The Morgan fingerprint density at radius 1 is 0.951 bits per heavy atom. The number of hydrogen-bond acceptors (Lipinski definition) is 6. The first-order chi connectivity index (χ1) is 19.9. The number of carbonyl (C=O) groups is 2. The fourth-order valence-electron chi connectivity index (χ4n) is 5.40. The van der Waals surface area contributed by atoms with Crippen molar-refractivity contribution in [3.63, 3.8) is 0 Å². The molecule has 1 fully saturated rings. The van der Waals surface area contributed by atoms with E-state index >= 15 is 0 Å². The number of aromatic amines is 1. The van der Waals surface area contributed by atoms with E-state index in [-0.39, 0.29) is 17.6 Å². The van der Waals surface area contributed by atoms with Gasteiger partial charge in [0.05, 0.1) is 19.1 Å². The van der Waals surface area contributed by atoms with Crippen LogP contribution in [0.2, 0.25) is 0 Å². The summed E-state index contributed by atoms with van der Waals surface area (Å²) in [4.78, 5) is 44.0. The number of ether oxygens (including phenoxy) is 2. The SMILES string of the molecule is COc1ccc(N(C(=O)c2cc3ccccc3[nH]2)C(C(=O)NC2CCCCC2)c2ccc([N+](=O)[O-])cc2)cc1OC. The Labute approximate surface area is 237 Å². The summed E-state index contributed by atoms with van der Waals surface area (Å²) in [6.07, 6.45) is 4.85. The van der Waals surface area contributed by atoms with Crippen molar-refractivity contribution in [3.8, 4) is 11.5 Å². The van der Waals surface area contributed by atoms with Crippen LogP contribution < -0.4 is 19.7 Å². The number of nitro groups is 1. The molecule has 2 N–H and O–H groups in total. The Balaban J connectivity index is 1.66. The van der Waals surface area contributed by atoms with Crippen LogP contribution in [-0.4, -0.2) is 42.0 Å². The molecule has 41 heavy (non-hydrogen) atoms. The average Bonchev–Trinajstić information content (AvgIpc) is 3.44. The number of amides is 2. The van der Waals surface area contributed by atoms with E-state index in [0.717, 1.165) is 43.0 Å². The monoisotopic (exact) mass is 556 g/mol. The standard InChI is InChI=1S/C31H32N4O6/c1-40-27-17-16-24(19-28(27)41-2)34(31(37)26-18-21-8-6-7-11-25(21)33-26)29(20-12-14-23(15-13-20)35(38)39)30(36)32-22-9-4-3-5-10-22/h6-8,11-19,22,29,33H,3-5,9-10H2,1-2H3,(H,32,36). The summed E-state index contributed by atoms with van der Waals surface area (Å²) in [7, 11) is 3.01. The first-order valence-corrected chi connectivity index (χ1v) is 13.6. The quantitative estimate of drug-likeness (QED) is 0.194. The van der Waals surface area contributed by atoms with Crippen LogP contribution in [0.4, 0.5) is 11.4 Å². The third-order valence-electron chi connectivity index (χ3n) is 7.50. The Hall–Kier alpha value is -4.86. The lowest BCUT2D eigenvalue weighted by Gasteiger charge is -2.33. The zero-order chi connectivity index (χ0) is 28.9. The maximum Gasteiger partial charge on any atom is 0.275 e. The van der Waals surface area contributed by atoms with E-state index in [1.807, 2.05) is 24.3 Å². The van der Waals surface area contributed by atoms with Crippen LogP contribution >= 0.6 is 0 Å². The molecule has 0 aliphatic heterocycles. The topological polar surface area (TPSA) is 127 Å². The van der Waals surface area contributed by atoms with E-state index in [0.29, 0.717) is 28.4 Å². The van der Waals surface area contributed by atoms with E-state index in [1.54, 1.807) is 24.3 Å². The molecule has 1 atom stereocenters. The molecule has 1 heterocycles. The Bertz CT molecular complexity index is 1530. The Morgan fingerprint density at radius 3 is 2.32 bits per heavy atom. The highest BCUT2D eigenvalue weighted by Crippen LogP contribution is 2.37. The molecule has 212 valence electrons. The number of H-pyrrole nitrogens is 1. The smallest absolute Gasteiger partial charge is 0.275 e. The normalized spacial score (nSPS) is 14.3. The first kappa shape index (κ1) is 27.7. The fourth-order valence-corrected chi connectivity index (χ4v) is 5.40. The molecule has 1 unspecified atom stereocenters. The highest BCUT2D eigenvalue weighted by molar-refractivity contribution is 6.11. The van der Waals surface area contributed by atoms with Crippen molar-refractivity contribution in [1.82, 2.24) is 10.3 Å². The maximum absolute atomic E-state index is 14.4. The van der Waals surface area contributed by atoms with Gasteiger partial charge in [-0.3, -0.25) is 24.6 Å². The molecule has 10 heteroatoms. The van der Waals surface area contributed by atoms with Gasteiger partial charge in [-0.15, -0.1) is 0 Å². The number of nitro benzene ring substituents is 1. The van der Waals surface area contributed by atoms with Crippen molar-refractivity contribution in [2.24, 2.45) is 0 Å². The number of anilines is 1. The molecule has 0 bridgehead atoms. The highest BCUT2D eigenvalue weighted by Gasteiger charge is 2.36. The molecule has 10 nitrogen and oxygen atoms in total. The number of hydrogen-bond donors (Lipinski definition) is 2. The number of rotatable bonds is 9. The summed E-state index contributed by atoms with van der Waals surface area (Å²) >= 11 is 0. The summed E-state index contributed by atoms with van der Waals surface area (Å²) < 4.78 is 10.9. The number of nitrogens with zero attached hydrogens (tertiary/aromatic N) is 2. The largest absolute Gasteiger partial charge is 0.493 e. The lowest BCUT2D eigenvalue weighted by atomic mass is 9.94. The summed E-state index contributed by atoms with van der Waals surface area (Å²) in [5.41, 5.74) is 1.79. The van der Waals surface area contributed by atoms with Crippen LogP contribution in [0.15, 0.2) is 72.8 Å². The second-order valence-corrected chi connectivity index (χ2v) is 10.1. The number of nitrogens with one attached hydrogen (secondary N) is 2. The van der Waals surface area contributed by atoms with E-state index in [2.05, 4.69) is 10.3 Å². The van der Waals surface area contributed by atoms with Crippen LogP contribution in [-0.2, 0) is 4.79 Å². The van der Waals surface area contributed by atoms with E-state index in [4.69, 9.17) is 9.47 Å². The van der Waals surface area contributed by atoms with Crippen LogP contribution in [0.3, 0.4) is 0 Å². The molecular formula is C31H32N4O6. The van der Waals surface area contributed by atoms with Gasteiger partial charge in [-0.25, -0.2) is 0 Å². The predicted molar refractivity (Wildman–Crippen MR) is 156 cm³/mol. The molecule has 1 aliphatic carbocycles. The molecule has 0 spiro atoms. The van der Waals surface area contributed by atoms with Crippen LogP contribution in [0.1, 0.15) is 54.2 Å². The van der Waals surface area contributed by atoms with Crippen molar-refractivity contribution >= 4 is 34.1 Å². The van der Waals surface area contributed by atoms with Gasteiger partial charge in [-0.05, 0) is 54.8 Å². The first-order valence-electron chi connectivity index (χ1n) is 13.6. The molecule has 4 aromatic rings. The summed E-state index contributed by atoms with van der Waals surface area (Å²) in [6.45, 7) is 0. The summed E-state index contributed by atoms with van der Waals surface area (Å²) in [5.74, 6) is 0.0305. The third-order valence-corrected chi connectivity index (χ3v) is 7.50. The van der Waals surface area contributed by atoms with Crippen molar-refractivity contribution in [1.29, 1.82) is 0 Å². The minimum Gasteiger partial charge on any atom is -0.493 e. The average molecular weight is 557 g/mol. The molecule has 2 amide bonds. The van der Waals surface area contributed by atoms with Gasteiger partial charge in [-0.2, -0.15) is 0 Å². The zero-order valence-electron chi connectivity index (χ0n) is 23.0. The van der Waals surface area contributed by atoms with Gasteiger partial charge in [0.2, 0.25) is 5.91 Å². The molecule has 5 rings (SSSR count). The molecule has 0 radical (unpaired) electrons. The van der Waals surface area contributed by atoms with Gasteiger partial charge >= 0.3 is 0 Å². The maximum atomic E-state index is 14.4. The number of non-ortho nitro benzene ring substituents is 1. The molecule has 1 aliphatic rings. The van der Waals surface area contributed by atoms with Gasteiger partial charge < -0.3 is 19.8 Å². The zero-order valence-corrected chi connectivity index (χ0v) is 23.0. The van der Waals surface area contributed by atoms with Gasteiger partial charge in [0.1, 0.15) is 11.7 Å². The number of carbonyl (C=O) groups excluding carboxylic acids is 2. The third kappa shape index (κ3) is 5.86. The van der Waals surface area contributed by atoms with Crippen molar-refractivity contribution in [3.05, 3.63) is 94.2 Å². The van der Waals surface area contributed by atoms with Gasteiger partial charge in [-0.1, -0.05) is 37.5 Å². The fraction of sp³-hybridized carbons (Fsp3) is 0.290. The summed E-state index contributed by atoms with van der Waals surface area (Å²) in [5, 5.41) is 15.4. The second-order valence-electron chi connectivity index (χ2n) is 10.1. The van der Waals surface area contributed by atoms with Crippen LogP contribution in [0, 0.1) is 10.1 Å². The van der Waals surface area contributed by atoms with E-state index in [9.17, 15) is 19.7 Å². The molecule has 1 saturated carbocycles. The molecule has 3 aromatic carbocycles. The predicted octanol–water partition coefficient (Wildman–Crippen LogP) is 5.93. The lowest BCUT2D eigenvalue weighted by molar-refractivity contribution is -0.384. The van der Waals surface area contributed by atoms with Crippen molar-refractivity contribution < 1.29 is 24.0 Å². The molecular weight excluding hydrogens is 524 g/mol. The Morgan fingerprint density at radius 2 is 1.66 bits per heavy atom. The molecule has 1 aromatic heterocycles. The van der Waals surface area contributed by atoms with Crippen LogP contribution in [0.5, 0.6) is 11.5 Å². The Kier molecular flexibility index (Phi) is 8.19. The number of para-hydroxylation sites is 1. The van der Waals surface area contributed by atoms with E-state index < -0.39 is 16.9 Å². The van der Waals surface area contributed by atoms with Gasteiger partial charge in [0.25, 0.3) is 11.6 Å². The lowest BCUT2D eigenvalue weighted by Crippen LogP contribution is -2.47. The highest BCUT2D eigenvalue weighted by atomic mass is 16.6. The minimum atomic E-state index is -1.13. The summed E-state index contributed by atoms with van der Waals surface area (Å²) in [6, 6.07) is 18.9. The second kappa shape index (κ2) is 12.1. The number of aromatic nitrogens is 1. The van der Waals surface area contributed by atoms with E-state index in [1.165, 1.54) is 43.4 Å². The number of fused-ring (bicyclic) bond motifs is 1. The van der Waals surface area contributed by atoms with Crippen molar-refractivity contribution in [2.45, 2.75) is 44.2 Å². The number of benzene rings is 3.